The van der Waals surface area contributed by atoms with E-state index in [1.165, 1.54) is 7.11 Å². The fourth-order valence-electron chi connectivity index (χ4n) is 3.92. The van der Waals surface area contributed by atoms with Crippen molar-refractivity contribution in [1.29, 1.82) is 0 Å². The molecule has 1 aliphatic carbocycles. The molecule has 1 aliphatic heterocycles. The van der Waals surface area contributed by atoms with Crippen molar-refractivity contribution < 1.29 is 23.4 Å². The van der Waals surface area contributed by atoms with Crippen LogP contribution in [0.25, 0.3) is 0 Å². The molecule has 3 atom stereocenters. The molecule has 1 aromatic rings. The molecule has 0 aromatic heterocycles. The second-order valence-electron chi connectivity index (χ2n) is 6.52. The predicted octanol–water partition coefficient (Wildman–Crippen LogP) is 2.60. The molecule has 1 fully saturated rings. The third-order valence-corrected chi connectivity index (χ3v) is 5.15. The molecule has 0 saturated carbocycles. The van der Waals surface area contributed by atoms with Crippen LogP contribution in [0.2, 0.25) is 0 Å². The zero-order chi connectivity index (χ0) is 17.3. The smallest absolute Gasteiger partial charge is 0.272 e. The molecule has 24 heavy (non-hydrogen) atoms. The van der Waals surface area contributed by atoms with Crippen LogP contribution >= 0.6 is 0 Å². The first-order valence-electron chi connectivity index (χ1n) is 8.13. The van der Waals surface area contributed by atoms with Crippen molar-refractivity contribution in [2.45, 2.75) is 36.8 Å². The van der Waals surface area contributed by atoms with Crippen LogP contribution in [0.5, 0.6) is 11.5 Å². The Hall–Kier alpha value is -1.66. The zero-order valence-corrected chi connectivity index (χ0v) is 13.9. The van der Waals surface area contributed by atoms with E-state index in [9.17, 15) is 13.9 Å². The molecule has 1 heterocycles. The summed E-state index contributed by atoms with van der Waals surface area (Å²) in [6.45, 7) is 0.256. The lowest BCUT2D eigenvalue weighted by Crippen LogP contribution is -2.44. The van der Waals surface area contributed by atoms with Gasteiger partial charge in [0.15, 0.2) is 11.5 Å². The molecule has 2 unspecified atom stereocenters. The molecule has 1 aromatic carbocycles. The fraction of sp³-hybridized carbons (Fsp3) is 0.556. The van der Waals surface area contributed by atoms with Gasteiger partial charge < -0.3 is 19.5 Å². The quantitative estimate of drug-likeness (QED) is 0.838. The van der Waals surface area contributed by atoms with Gasteiger partial charge in [-0.15, -0.1) is 0 Å². The number of likely N-dealkylation sites (tertiary alicyclic amines) is 1. The molecule has 0 radical (unpaired) electrons. The minimum Gasteiger partial charge on any atom is -0.493 e. The number of methoxy groups -OCH3 is 1. The number of aliphatic hydroxyl groups excluding tert-OH is 1. The number of benzene rings is 1. The van der Waals surface area contributed by atoms with E-state index in [1.807, 2.05) is 12.1 Å². The van der Waals surface area contributed by atoms with Gasteiger partial charge in [-0.3, -0.25) is 0 Å². The van der Waals surface area contributed by atoms with E-state index in [1.54, 1.807) is 12.1 Å². The number of aliphatic hydroxyl groups is 1. The molecule has 2 aliphatic rings. The van der Waals surface area contributed by atoms with Gasteiger partial charge in [-0.25, -0.2) is 8.78 Å². The Bertz CT molecular complexity index is 622. The minimum absolute atomic E-state index is 0.175. The third kappa shape index (κ3) is 3.00. The summed E-state index contributed by atoms with van der Waals surface area (Å²) in [7, 11) is 3.54. The number of hydrogen-bond acceptors (Lipinski definition) is 4. The lowest BCUT2D eigenvalue weighted by molar-refractivity contribution is 0.0802. The van der Waals surface area contributed by atoms with Crippen molar-refractivity contribution in [3.05, 3.63) is 35.9 Å². The van der Waals surface area contributed by atoms with Crippen molar-refractivity contribution in [1.82, 2.24) is 4.90 Å². The largest absolute Gasteiger partial charge is 0.493 e. The van der Waals surface area contributed by atoms with Gasteiger partial charge in [0.2, 0.25) is 0 Å². The molecular formula is C18H23F2NO3. The SMILES string of the molecule is COc1ccc([C@@]23C=CC(O)CC2N(C)CC3)cc1OCC(F)F. The summed E-state index contributed by atoms with van der Waals surface area (Å²) in [5, 5.41) is 9.98. The first-order chi connectivity index (χ1) is 11.5. The number of halogens is 2. The van der Waals surface area contributed by atoms with Crippen LogP contribution in [-0.4, -0.2) is 55.9 Å². The summed E-state index contributed by atoms with van der Waals surface area (Å²) in [5.74, 6) is 0.774. The van der Waals surface area contributed by atoms with E-state index < -0.39 is 19.1 Å². The second kappa shape index (κ2) is 6.69. The predicted molar refractivity (Wildman–Crippen MR) is 87.0 cm³/mol. The standard InChI is InChI=1S/C18H23F2NO3/c1-21-8-7-18(6-5-13(22)10-16(18)21)12-3-4-14(23-2)15(9-12)24-11-17(19)20/h3-6,9,13,16-17,22H,7-8,10-11H2,1-2H3/t13?,16?,18-/m0/s1. The summed E-state index contributed by atoms with van der Waals surface area (Å²) in [4.78, 5) is 2.25. The summed E-state index contributed by atoms with van der Waals surface area (Å²) < 4.78 is 35.5. The van der Waals surface area contributed by atoms with Gasteiger partial charge in [-0.2, -0.15) is 0 Å². The third-order valence-electron chi connectivity index (χ3n) is 5.15. The van der Waals surface area contributed by atoms with Gasteiger partial charge in [0, 0.05) is 11.5 Å². The molecule has 0 spiro atoms. The Morgan fingerprint density at radius 1 is 1.38 bits per heavy atom. The second-order valence-corrected chi connectivity index (χ2v) is 6.52. The maximum Gasteiger partial charge on any atom is 0.272 e. The van der Waals surface area contributed by atoms with E-state index in [4.69, 9.17) is 9.47 Å². The maximum absolute atomic E-state index is 12.5. The highest BCUT2D eigenvalue weighted by molar-refractivity contribution is 5.48. The first-order valence-corrected chi connectivity index (χ1v) is 8.13. The zero-order valence-electron chi connectivity index (χ0n) is 13.9. The van der Waals surface area contributed by atoms with Crippen LogP contribution in [0.3, 0.4) is 0 Å². The van der Waals surface area contributed by atoms with E-state index in [2.05, 4.69) is 18.0 Å². The Morgan fingerprint density at radius 2 is 2.17 bits per heavy atom. The Kier molecular flexibility index (Phi) is 4.78. The van der Waals surface area contributed by atoms with Crippen LogP contribution in [0, 0.1) is 0 Å². The van der Waals surface area contributed by atoms with E-state index >= 15 is 0 Å². The monoisotopic (exact) mass is 339 g/mol. The number of hydrogen-bond donors (Lipinski definition) is 1. The fourth-order valence-corrected chi connectivity index (χ4v) is 3.92. The van der Waals surface area contributed by atoms with E-state index in [-0.39, 0.29) is 11.5 Å². The number of alkyl halides is 2. The highest BCUT2D eigenvalue weighted by Crippen LogP contribution is 2.47. The lowest BCUT2D eigenvalue weighted by Gasteiger charge is -2.39. The summed E-state index contributed by atoms with van der Waals surface area (Å²) in [6, 6.07) is 5.70. The molecule has 0 bridgehead atoms. The van der Waals surface area contributed by atoms with Gasteiger partial charge in [-0.05, 0) is 44.1 Å². The number of ether oxygens (including phenoxy) is 2. The molecule has 1 saturated heterocycles. The molecule has 1 N–H and O–H groups in total. The van der Waals surface area contributed by atoms with E-state index in [0.29, 0.717) is 17.9 Å². The van der Waals surface area contributed by atoms with Crippen molar-refractivity contribution >= 4 is 0 Å². The van der Waals surface area contributed by atoms with Gasteiger partial charge in [0.05, 0.1) is 13.2 Å². The minimum atomic E-state index is -2.54. The molecular weight excluding hydrogens is 316 g/mol. The van der Waals surface area contributed by atoms with Crippen molar-refractivity contribution in [2.24, 2.45) is 0 Å². The topological polar surface area (TPSA) is 41.9 Å². The highest BCUT2D eigenvalue weighted by atomic mass is 19.3. The summed E-state index contributed by atoms with van der Waals surface area (Å²) >= 11 is 0. The van der Waals surface area contributed by atoms with Crippen LogP contribution in [0.1, 0.15) is 18.4 Å². The number of fused-ring (bicyclic) bond motifs is 1. The Balaban J connectivity index is 1.98. The summed E-state index contributed by atoms with van der Waals surface area (Å²) in [6.07, 6.45) is 2.49. The molecule has 4 nitrogen and oxygen atoms in total. The van der Waals surface area contributed by atoms with Gasteiger partial charge in [-0.1, -0.05) is 18.2 Å². The average molecular weight is 339 g/mol. The maximum atomic E-state index is 12.5. The van der Waals surface area contributed by atoms with Gasteiger partial charge in [0.1, 0.15) is 6.61 Å². The van der Waals surface area contributed by atoms with Gasteiger partial charge in [0.25, 0.3) is 6.43 Å². The van der Waals surface area contributed by atoms with Crippen LogP contribution in [-0.2, 0) is 5.41 Å². The van der Waals surface area contributed by atoms with Crippen molar-refractivity contribution in [3.8, 4) is 11.5 Å². The van der Waals surface area contributed by atoms with E-state index in [0.717, 1.165) is 18.5 Å². The Morgan fingerprint density at radius 3 is 2.88 bits per heavy atom. The lowest BCUT2D eigenvalue weighted by atomic mass is 9.69. The summed E-state index contributed by atoms with van der Waals surface area (Å²) in [5.41, 5.74) is 0.772. The van der Waals surface area contributed by atoms with Crippen molar-refractivity contribution in [2.75, 3.05) is 27.3 Å². The molecule has 132 valence electrons. The van der Waals surface area contributed by atoms with Crippen LogP contribution in [0.4, 0.5) is 8.78 Å². The normalized spacial score (nSPS) is 29.8. The van der Waals surface area contributed by atoms with Crippen LogP contribution in [0.15, 0.2) is 30.4 Å². The number of likely N-dealkylation sites (N-methyl/N-ethyl adjacent to an activating group) is 1. The molecule has 0 amide bonds. The van der Waals surface area contributed by atoms with Gasteiger partial charge >= 0.3 is 0 Å². The molecule has 6 heteroatoms. The Labute approximate surface area is 140 Å². The highest BCUT2D eigenvalue weighted by Gasteiger charge is 2.48. The first kappa shape index (κ1) is 17.2. The number of nitrogens with zero attached hydrogens (tertiary/aromatic N) is 1. The molecule has 3 rings (SSSR count). The number of rotatable bonds is 5. The van der Waals surface area contributed by atoms with Crippen molar-refractivity contribution in [3.63, 3.8) is 0 Å². The van der Waals surface area contributed by atoms with Crippen LogP contribution < -0.4 is 9.47 Å². The average Bonchev–Trinajstić information content (AvgIpc) is 2.90.